The first kappa shape index (κ1) is 12.3. The highest BCUT2D eigenvalue weighted by Gasteiger charge is 2.02. The van der Waals surface area contributed by atoms with Crippen LogP contribution in [0.4, 0.5) is 0 Å². The molecule has 0 heterocycles. The summed E-state index contributed by atoms with van der Waals surface area (Å²) in [7, 11) is 0. The van der Waals surface area contributed by atoms with Crippen LogP contribution in [0.5, 0.6) is 0 Å². The fourth-order valence-corrected chi connectivity index (χ4v) is 0.578. The Hall–Kier alpha value is -1.66. The number of allylic oxidation sites excluding steroid dienone is 2. The number of amides is 2. The Morgan fingerprint density at radius 3 is 1.43 bits per heavy atom. The average molecular weight is 200 g/mol. The van der Waals surface area contributed by atoms with Gasteiger partial charge in [-0.25, -0.2) is 11.0 Å². The van der Waals surface area contributed by atoms with E-state index >= 15 is 0 Å². The van der Waals surface area contributed by atoms with E-state index in [4.69, 9.17) is 10.4 Å². The lowest BCUT2D eigenvalue weighted by molar-refractivity contribution is -0.125. The van der Waals surface area contributed by atoms with Gasteiger partial charge in [0.05, 0.1) is 0 Å². The summed E-state index contributed by atoms with van der Waals surface area (Å²) >= 11 is 0. The first-order chi connectivity index (χ1) is 6.52. The third kappa shape index (κ3) is 3.83. The van der Waals surface area contributed by atoms with Crippen LogP contribution >= 0.6 is 0 Å². The number of carbonyl (C=O) groups is 2. The maximum Gasteiger partial charge on any atom is 0.270 e. The number of rotatable bonds is 3. The molecule has 0 aromatic rings. The maximum absolute atomic E-state index is 10.8. The van der Waals surface area contributed by atoms with Crippen LogP contribution < -0.4 is 11.0 Å². The molecular weight excluding hydrogens is 188 g/mol. The minimum atomic E-state index is -0.654. The van der Waals surface area contributed by atoms with Gasteiger partial charge in [-0.2, -0.15) is 0 Å². The van der Waals surface area contributed by atoms with Crippen LogP contribution in [-0.4, -0.2) is 22.2 Å². The predicted octanol–water partition coefficient (Wildman–Crippen LogP) is -0.110. The van der Waals surface area contributed by atoms with E-state index in [1.807, 2.05) is 0 Å². The summed E-state index contributed by atoms with van der Waals surface area (Å²) in [4.78, 5) is 21.5. The molecule has 78 valence electrons. The van der Waals surface area contributed by atoms with Gasteiger partial charge in [0.1, 0.15) is 0 Å². The molecule has 0 spiro atoms. The van der Waals surface area contributed by atoms with Crippen LogP contribution in [0, 0.1) is 0 Å². The van der Waals surface area contributed by atoms with Crippen molar-refractivity contribution in [2.45, 2.75) is 13.8 Å². The first-order valence-electron chi connectivity index (χ1n) is 3.77. The summed E-state index contributed by atoms with van der Waals surface area (Å²) in [5.41, 5.74) is 3.36. The Labute approximate surface area is 80.8 Å². The van der Waals surface area contributed by atoms with Crippen molar-refractivity contribution in [3.8, 4) is 0 Å². The molecule has 14 heavy (non-hydrogen) atoms. The van der Waals surface area contributed by atoms with E-state index in [0.717, 1.165) is 0 Å². The largest absolute Gasteiger partial charge is 0.288 e. The zero-order valence-electron chi connectivity index (χ0n) is 7.87. The smallest absolute Gasteiger partial charge is 0.270 e. The second kappa shape index (κ2) is 5.90. The summed E-state index contributed by atoms with van der Waals surface area (Å²) in [6, 6.07) is 0. The van der Waals surface area contributed by atoms with Gasteiger partial charge in [-0.05, 0) is 13.8 Å². The average Bonchev–Trinajstić information content (AvgIpc) is 2.22. The molecule has 0 aliphatic heterocycles. The van der Waals surface area contributed by atoms with E-state index in [1.54, 1.807) is 0 Å². The molecule has 0 rings (SSSR count). The Morgan fingerprint density at radius 2 is 1.21 bits per heavy atom. The van der Waals surface area contributed by atoms with Crippen LogP contribution in [0.15, 0.2) is 23.3 Å². The van der Waals surface area contributed by atoms with Crippen LogP contribution in [-0.2, 0) is 9.59 Å². The van der Waals surface area contributed by atoms with Gasteiger partial charge in [-0.15, -0.1) is 0 Å². The van der Waals surface area contributed by atoms with E-state index in [1.165, 1.54) is 37.0 Å². The molecule has 2 amide bonds. The number of hydrogen-bond acceptors (Lipinski definition) is 4. The Kier molecular flexibility index (Phi) is 5.20. The second-order valence-corrected chi connectivity index (χ2v) is 2.58. The Morgan fingerprint density at radius 1 is 0.929 bits per heavy atom. The van der Waals surface area contributed by atoms with Crippen molar-refractivity contribution in [2.24, 2.45) is 0 Å². The zero-order valence-corrected chi connectivity index (χ0v) is 7.87. The molecule has 0 unspecified atom stereocenters. The summed E-state index contributed by atoms with van der Waals surface area (Å²) in [5, 5.41) is 16.5. The summed E-state index contributed by atoms with van der Waals surface area (Å²) < 4.78 is 0. The normalized spacial score (nSPS) is 12.3. The molecule has 6 nitrogen and oxygen atoms in total. The van der Waals surface area contributed by atoms with Crippen LogP contribution in [0.3, 0.4) is 0 Å². The van der Waals surface area contributed by atoms with Crippen molar-refractivity contribution in [1.82, 2.24) is 11.0 Å². The molecule has 6 heteroatoms. The molecule has 0 aliphatic rings. The van der Waals surface area contributed by atoms with Crippen LogP contribution in [0.2, 0.25) is 0 Å². The third-order valence-corrected chi connectivity index (χ3v) is 1.50. The van der Waals surface area contributed by atoms with Gasteiger partial charge in [0.25, 0.3) is 11.8 Å². The Bertz CT molecular complexity index is 264. The molecule has 0 aliphatic carbocycles. The van der Waals surface area contributed by atoms with Gasteiger partial charge < -0.3 is 0 Å². The second-order valence-electron chi connectivity index (χ2n) is 2.58. The highest BCUT2D eigenvalue weighted by Crippen LogP contribution is 1.97. The van der Waals surface area contributed by atoms with E-state index < -0.39 is 11.8 Å². The van der Waals surface area contributed by atoms with E-state index in [0.29, 0.717) is 0 Å². The van der Waals surface area contributed by atoms with Gasteiger partial charge in [-0.1, -0.05) is 12.2 Å². The van der Waals surface area contributed by atoms with Crippen molar-refractivity contribution >= 4 is 11.8 Å². The van der Waals surface area contributed by atoms with Crippen molar-refractivity contribution in [3.63, 3.8) is 0 Å². The van der Waals surface area contributed by atoms with Gasteiger partial charge in [0, 0.05) is 11.1 Å². The van der Waals surface area contributed by atoms with Gasteiger partial charge in [0.2, 0.25) is 0 Å². The molecule has 0 aromatic carbocycles. The van der Waals surface area contributed by atoms with Crippen LogP contribution in [0.1, 0.15) is 13.8 Å². The summed E-state index contributed by atoms with van der Waals surface area (Å²) in [5.74, 6) is -1.31. The van der Waals surface area contributed by atoms with Crippen molar-refractivity contribution in [3.05, 3.63) is 23.3 Å². The summed E-state index contributed by atoms with van der Waals surface area (Å²) in [6.45, 7) is 2.93. The molecule has 0 saturated carbocycles. The topological polar surface area (TPSA) is 98.7 Å². The number of nitrogens with one attached hydrogen (secondary N) is 2. The first-order valence-corrected chi connectivity index (χ1v) is 3.77. The number of carbonyl (C=O) groups excluding carboxylic acids is 2. The zero-order chi connectivity index (χ0) is 11.1. The maximum atomic E-state index is 10.8. The lowest BCUT2D eigenvalue weighted by Crippen LogP contribution is -2.20. The summed E-state index contributed by atoms with van der Waals surface area (Å²) in [6.07, 6.45) is 2.69. The SMILES string of the molecule is CC(=CC=C(C)C(=O)NO)C(=O)NO. The van der Waals surface area contributed by atoms with Crippen molar-refractivity contribution in [1.29, 1.82) is 0 Å². The lowest BCUT2D eigenvalue weighted by Gasteiger charge is -1.97. The standard InChI is InChI=1S/C8H12N2O4/c1-5(7(11)9-13)3-4-6(2)8(12)10-14/h3-4,13-14H,1-2H3,(H,9,11)(H,10,12). The van der Waals surface area contributed by atoms with E-state index in [2.05, 4.69) is 0 Å². The lowest BCUT2D eigenvalue weighted by atomic mass is 10.2. The van der Waals surface area contributed by atoms with E-state index in [-0.39, 0.29) is 11.1 Å². The molecule has 0 atom stereocenters. The van der Waals surface area contributed by atoms with Gasteiger partial charge in [0.15, 0.2) is 0 Å². The van der Waals surface area contributed by atoms with Crippen LogP contribution in [0.25, 0.3) is 0 Å². The molecule has 0 saturated heterocycles. The molecule has 0 bridgehead atoms. The van der Waals surface area contributed by atoms with E-state index in [9.17, 15) is 9.59 Å². The fraction of sp³-hybridized carbons (Fsp3) is 0.250. The molecule has 0 radical (unpaired) electrons. The molecule has 0 fully saturated rings. The minimum Gasteiger partial charge on any atom is -0.288 e. The number of hydroxylamine groups is 2. The van der Waals surface area contributed by atoms with Crippen molar-refractivity contribution in [2.75, 3.05) is 0 Å². The minimum absolute atomic E-state index is 0.234. The highest BCUT2D eigenvalue weighted by atomic mass is 16.5. The quantitative estimate of drug-likeness (QED) is 0.221. The molecular formula is C8H12N2O4. The molecule has 4 N–H and O–H groups in total. The monoisotopic (exact) mass is 200 g/mol. The van der Waals surface area contributed by atoms with Crippen molar-refractivity contribution < 1.29 is 20.0 Å². The predicted molar refractivity (Wildman–Crippen MR) is 47.4 cm³/mol. The van der Waals surface area contributed by atoms with Gasteiger partial charge in [-0.3, -0.25) is 20.0 Å². The Balaban J connectivity index is 4.53. The fourth-order valence-electron chi connectivity index (χ4n) is 0.578. The number of hydrogen-bond donors (Lipinski definition) is 4. The highest BCUT2D eigenvalue weighted by molar-refractivity contribution is 5.94. The molecule has 0 aromatic heterocycles. The van der Waals surface area contributed by atoms with Gasteiger partial charge >= 0.3 is 0 Å². The third-order valence-electron chi connectivity index (χ3n) is 1.50.